The van der Waals surface area contributed by atoms with Gasteiger partial charge in [-0.3, -0.25) is 0 Å². The summed E-state index contributed by atoms with van der Waals surface area (Å²) in [5, 5.41) is 15.2. The maximum atomic E-state index is 12.4. The summed E-state index contributed by atoms with van der Waals surface area (Å²) < 4.78 is 9.76. The first-order chi connectivity index (χ1) is 16.0. The van der Waals surface area contributed by atoms with Crippen molar-refractivity contribution in [2.75, 3.05) is 37.4 Å². The fraction of sp³-hybridized carbons (Fsp3) is 0.217. The van der Waals surface area contributed by atoms with Gasteiger partial charge in [-0.25, -0.2) is 24.5 Å². The maximum Gasteiger partial charge on any atom is 0.341 e. The molecule has 0 aliphatic carbocycles. The molecular weight excluding hydrogens is 424 g/mol. The van der Waals surface area contributed by atoms with Gasteiger partial charge < -0.3 is 20.1 Å². The van der Waals surface area contributed by atoms with Crippen LogP contribution in [0.15, 0.2) is 48.8 Å². The van der Waals surface area contributed by atoms with Crippen molar-refractivity contribution in [1.29, 1.82) is 5.26 Å². The highest BCUT2D eigenvalue weighted by Gasteiger charge is 2.17. The number of nitriles is 1. The first-order valence-electron chi connectivity index (χ1n) is 10.1. The van der Waals surface area contributed by atoms with Crippen LogP contribution in [0.3, 0.4) is 0 Å². The lowest BCUT2D eigenvalue weighted by molar-refractivity contribution is 0.0525. The SMILES string of the molecule is CCOC(=O)c1cnc(NCCNc2ccc(C(=O)OC)cn2)nc1-c1ccc(C#N)cc1. The van der Waals surface area contributed by atoms with E-state index in [4.69, 9.17) is 10.00 Å². The molecule has 0 saturated heterocycles. The van der Waals surface area contributed by atoms with E-state index in [2.05, 4.69) is 36.4 Å². The summed E-state index contributed by atoms with van der Waals surface area (Å²) in [7, 11) is 1.31. The highest BCUT2D eigenvalue weighted by atomic mass is 16.5. The quantitative estimate of drug-likeness (QED) is 0.372. The van der Waals surface area contributed by atoms with Crippen LogP contribution in [0, 0.1) is 11.3 Å². The Morgan fingerprint density at radius 2 is 1.76 bits per heavy atom. The second-order valence-electron chi connectivity index (χ2n) is 6.64. The normalized spacial score (nSPS) is 10.1. The van der Waals surface area contributed by atoms with Gasteiger partial charge >= 0.3 is 11.9 Å². The monoisotopic (exact) mass is 446 g/mol. The Morgan fingerprint density at radius 1 is 1.00 bits per heavy atom. The van der Waals surface area contributed by atoms with Crippen LogP contribution in [-0.4, -0.2) is 53.7 Å². The van der Waals surface area contributed by atoms with E-state index < -0.39 is 11.9 Å². The maximum absolute atomic E-state index is 12.4. The first-order valence-corrected chi connectivity index (χ1v) is 10.1. The van der Waals surface area contributed by atoms with Gasteiger partial charge in [-0.05, 0) is 31.2 Å². The molecule has 2 N–H and O–H groups in total. The topological polar surface area (TPSA) is 139 Å². The number of hydrogen-bond donors (Lipinski definition) is 2. The minimum Gasteiger partial charge on any atom is -0.465 e. The molecular formula is C23H22N6O4. The van der Waals surface area contributed by atoms with Gasteiger partial charge in [0.25, 0.3) is 0 Å². The predicted octanol–water partition coefficient (Wildman–Crippen LogP) is 2.90. The van der Waals surface area contributed by atoms with Gasteiger partial charge in [-0.15, -0.1) is 0 Å². The number of benzene rings is 1. The summed E-state index contributed by atoms with van der Waals surface area (Å²) in [6, 6.07) is 12.1. The fourth-order valence-electron chi connectivity index (χ4n) is 2.85. The van der Waals surface area contributed by atoms with Crippen molar-refractivity contribution in [2.24, 2.45) is 0 Å². The number of nitrogens with zero attached hydrogens (tertiary/aromatic N) is 4. The number of pyridine rings is 1. The molecule has 2 aromatic heterocycles. The van der Waals surface area contributed by atoms with E-state index in [-0.39, 0.29) is 12.2 Å². The summed E-state index contributed by atoms with van der Waals surface area (Å²) >= 11 is 0. The first kappa shape index (κ1) is 23.1. The van der Waals surface area contributed by atoms with Crippen molar-refractivity contribution in [3.05, 3.63) is 65.5 Å². The van der Waals surface area contributed by atoms with Crippen molar-refractivity contribution < 1.29 is 19.1 Å². The molecule has 33 heavy (non-hydrogen) atoms. The van der Waals surface area contributed by atoms with Crippen LogP contribution in [0.1, 0.15) is 33.2 Å². The Kier molecular flexibility index (Phi) is 7.86. The van der Waals surface area contributed by atoms with Crippen LogP contribution in [0.2, 0.25) is 0 Å². The van der Waals surface area contributed by atoms with E-state index in [0.29, 0.717) is 47.2 Å². The van der Waals surface area contributed by atoms with Crippen LogP contribution in [0.4, 0.5) is 11.8 Å². The highest BCUT2D eigenvalue weighted by molar-refractivity contribution is 5.96. The zero-order valence-electron chi connectivity index (χ0n) is 18.2. The van der Waals surface area contributed by atoms with Gasteiger partial charge in [0, 0.05) is 31.0 Å². The predicted molar refractivity (Wildman–Crippen MR) is 121 cm³/mol. The molecule has 3 aromatic rings. The number of carbonyl (C=O) groups excluding carboxylic acids is 2. The van der Waals surface area contributed by atoms with Crippen LogP contribution in [0.5, 0.6) is 0 Å². The Balaban J connectivity index is 1.68. The van der Waals surface area contributed by atoms with E-state index in [1.807, 2.05) is 0 Å². The van der Waals surface area contributed by atoms with Crippen LogP contribution < -0.4 is 10.6 Å². The van der Waals surface area contributed by atoms with E-state index in [0.717, 1.165) is 0 Å². The zero-order valence-corrected chi connectivity index (χ0v) is 18.2. The lowest BCUT2D eigenvalue weighted by Crippen LogP contribution is -2.17. The summed E-state index contributed by atoms with van der Waals surface area (Å²) in [6.45, 7) is 2.92. The number of nitrogens with one attached hydrogen (secondary N) is 2. The minimum atomic E-state index is -0.522. The standard InChI is InChI=1S/C23H22N6O4/c1-3-33-22(31)18-14-28-23(29-20(18)16-6-4-15(12-24)5-7-16)26-11-10-25-19-9-8-17(13-27-19)21(30)32-2/h4-9,13-14H,3,10-11H2,1-2H3,(H,25,27)(H,26,28,29). The van der Waals surface area contributed by atoms with Crippen molar-refractivity contribution in [3.8, 4) is 17.3 Å². The zero-order chi connectivity index (χ0) is 23.6. The summed E-state index contributed by atoms with van der Waals surface area (Å²) in [4.78, 5) is 36.7. The molecule has 2 heterocycles. The summed E-state index contributed by atoms with van der Waals surface area (Å²) in [5.74, 6) is -0.0386. The Hall–Kier alpha value is -4.52. The van der Waals surface area contributed by atoms with Gasteiger partial charge in [-0.1, -0.05) is 12.1 Å². The molecule has 168 valence electrons. The van der Waals surface area contributed by atoms with Crippen LogP contribution in [-0.2, 0) is 9.47 Å². The average molecular weight is 446 g/mol. The molecule has 0 bridgehead atoms. The van der Waals surface area contributed by atoms with Crippen LogP contribution in [0.25, 0.3) is 11.3 Å². The number of rotatable bonds is 9. The largest absolute Gasteiger partial charge is 0.465 e. The summed E-state index contributed by atoms with van der Waals surface area (Å²) in [5.41, 5.74) is 2.17. The van der Waals surface area contributed by atoms with E-state index in [9.17, 15) is 9.59 Å². The van der Waals surface area contributed by atoms with Gasteiger partial charge in [0.05, 0.1) is 36.6 Å². The molecule has 0 aliphatic heterocycles. The van der Waals surface area contributed by atoms with Crippen molar-refractivity contribution in [2.45, 2.75) is 6.92 Å². The Bertz CT molecular complexity index is 1160. The minimum absolute atomic E-state index is 0.228. The molecule has 0 unspecified atom stereocenters. The van der Waals surface area contributed by atoms with Crippen molar-refractivity contribution >= 4 is 23.7 Å². The number of ether oxygens (including phenoxy) is 2. The molecule has 0 radical (unpaired) electrons. The molecule has 3 rings (SSSR count). The Morgan fingerprint density at radius 3 is 2.39 bits per heavy atom. The number of hydrogen-bond acceptors (Lipinski definition) is 10. The van der Waals surface area contributed by atoms with Crippen LogP contribution >= 0.6 is 0 Å². The van der Waals surface area contributed by atoms with E-state index in [1.165, 1.54) is 19.5 Å². The van der Waals surface area contributed by atoms with E-state index >= 15 is 0 Å². The van der Waals surface area contributed by atoms with Gasteiger partial charge in [0.2, 0.25) is 5.95 Å². The number of aromatic nitrogens is 3. The third-order valence-corrected chi connectivity index (χ3v) is 4.47. The van der Waals surface area contributed by atoms with E-state index in [1.54, 1.807) is 43.3 Å². The number of methoxy groups -OCH3 is 1. The molecule has 0 amide bonds. The molecule has 0 saturated carbocycles. The molecule has 1 aromatic carbocycles. The third-order valence-electron chi connectivity index (χ3n) is 4.47. The second kappa shape index (κ2) is 11.2. The lowest BCUT2D eigenvalue weighted by Gasteiger charge is -2.11. The lowest BCUT2D eigenvalue weighted by atomic mass is 10.1. The Labute approximate surface area is 190 Å². The molecule has 10 nitrogen and oxygen atoms in total. The third kappa shape index (κ3) is 6.01. The fourth-order valence-corrected chi connectivity index (χ4v) is 2.85. The number of anilines is 2. The highest BCUT2D eigenvalue weighted by Crippen LogP contribution is 2.23. The second-order valence-corrected chi connectivity index (χ2v) is 6.64. The molecule has 0 fully saturated rings. The number of carbonyl (C=O) groups is 2. The van der Waals surface area contributed by atoms with Gasteiger partial charge in [0.1, 0.15) is 11.4 Å². The average Bonchev–Trinajstić information content (AvgIpc) is 2.86. The smallest absolute Gasteiger partial charge is 0.341 e. The van der Waals surface area contributed by atoms with Gasteiger partial charge in [0.15, 0.2) is 0 Å². The van der Waals surface area contributed by atoms with Crippen molar-refractivity contribution in [3.63, 3.8) is 0 Å². The molecule has 0 aliphatic rings. The number of esters is 2. The van der Waals surface area contributed by atoms with Gasteiger partial charge in [-0.2, -0.15) is 5.26 Å². The molecule has 0 spiro atoms. The molecule has 0 atom stereocenters. The summed E-state index contributed by atoms with van der Waals surface area (Å²) in [6.07, 6.45) is 2.85. The van der Waals surface area contributed by atoms with Crippen molar-refractivity contribution in [1.82, 2.24) is 15.0 Å². The molecule has 10 heteroatoms.